The van der Waals surface area contributed by atoms with E-state index >= 15 is 0 Å². The van der Waals surface area contributed by atoms with E-state index in [0.717, 1.165) is 17.2 Å². The van der Waals surface area contributed by atoms with Gasteiger partial charge >= 0.3 is 11.8 Å². The van der Waals surface area contributed by atoms with Crippen molar-refractivity contribution in [1.82, 2.24) is 0 Å². The molecule has 25 heavy (non-hydrogen) atoms. The maximum atomic E-state index is 12.2. The second-order valence-corrected chi connectivity index (χ2v) is 5.70. The minimum absolute atomic E-state index is 0.00323. The van der Waals surface area contributed by atoms with Crippen molar-refractivity contribution in [3.8, 4) is 0 Å². The predicted molar refractivity (Wildman–Crippen MR) is 95.9 cm³/mol. The van der Waals surface area contributed by atoms with Crippen LogP contribution in [0.3, 0.4) is 0 Å². The first-order chi connectivity index (χ1) is 11.8. The zero-order chi connectivity index (χ0) is 18.6. The maximum Gasteiger partial charge on any atom is 0.314 e. The van der Waals surface area contributed by atoms with Crippen LogP contribution in [0, 0.1) is 17.0 Å². The van der Waals surface area contributed by atoms with Crippen LogP contribution < -0.4 is 10.6 Å². The second-order valence-electron chi connectivity index (χ2n) is 5.29. The van der Waals surface area contributed by atoms with Crippen molar-refractivity contribution >= 4 is 40.5 Å². The lowest BCUT2D eigenvalue weighted by atomic mass is 10.1. The topological polar surface area (TPSA) is 101 Å². The molecule has 8 heteroatoms. The first-order valence-corrected chi connectivity index (χ1v) is 7.86. The number of halogens is 1. The number of aryl methyl sites for hydroxylation is 2. The Morgan fingerprint density at radius 1 is 1.16 bits per heavy atom. The second kappa shape index (κ2) is 7.76. The fraction of sp³-hybridized carbons (Fsp3) is 0.176. The van der Waals surface area contributed by atoms with E-state index in [-0.39, 0.29) is 16.4 Å². The van der Waals surface area contributed by atoms with E-state index in [2.05, 4.69) is 10.6 Å². The number of carbonyl (C=O) groups is 2. The zero-order valence-corrected chi connectivity index (χ0v) is 14.4. The van der Waals surface area contributed by atoms with Gasteiger partial charge in [0.05, 0.1) is 15.6 Å². The molecular weight excluding hydrogens is 346 g/mol. The van der Waals surface area contributed by atoms with E-state index in [4.69, 9.17) is 11.6 Å². The van der Waals surface area contributed by atoms with Crippen LogP contribution in [0.5, 0.6) is 0 Å². The van der Waals surface area contributed by atoms with Gasteiger partial charge in [-0.25, -0.2) is 0 Å². The normalized spacial score (nSPS) is 10.2. The lowest BCUT2D eigenvalue weighted by Gasteiger charge is -2.13. The number of carbonyl (C=O) groups excluding carboxylic acids is 2. The van der Waals surface area contributed by atoms with Gasteiger partial charge in [-0.05, 0) is 30.5 Å². The van der Waals surface area contributed by atoms with Crippen molar-refractivity contribution in [3.05, 3.63) is 62.7 Å². The van der Waals surface area contributed by atoms with E-state index < -0.39 is 16.7 Å². The summed E-state index contributed by atoms with van der Waals surface area (Å²) in [5.41, 5.74) is 2.06. The fourth-order valence-electron chi connectivity index (χ4n) is 2.27. The Balaban J connectivity index is 2.18. The molecule has 0 aromatic heterocycles. The smallest absolute Gasteiger partial charge is 0.314 e. The minimum atomic E-state index is -0.965. The Morgan fingerprint density at radius 3 is 2.48 bits per heavy atom. The van der Waals surface area contributed by atoms with Crippen LogP contribution in [0.1, 0.15) is 18.1 Å². The molecule has 2 aromatic carbocycles. The van der Waals surface area contributed by atoms with Crippen LogP contribution in [-0.2, 0) is 16.0 Å². The van der Waals surface area contributed by atoms with Gasteiger partial charge in [0.2, 0.25) is 0 Å². The van der Waals surface area contributed by atoms with Crippen LogP contribution in [0.4, 0.5) is 17.1 Å². The van der Waals surface area contributed by atoms with Gasteiger partial charge in [-0.2, -0.15) is 0 Å². The average molecular weight is 362 g/mol. The number of hydrogen-bond acceptors (Lipinski definition) is 4. The highest BCUT2D eigenvalue weighted by molar-refractivity contribution is 6.45. The van der Waals surface area contributed by atoms with Crippen molar-refractivity contribution in [1.29, 1.82) is 0 Å². The van der Waals surface area contributed by atoms with Crippen molar-refractivity contribution < 1.29 is 14.5 Å². The summed E-state index contributed by atoms with van der Waals surface area (Å²) < 4.78 is 0. The summed E-state index contributed by atoms with van der Waals surface area (Å²) in [4.78, 5) is 34.5. The molecule has 0 atom stereocenters. The molecule has 0 aliphatic heterocycles. The molecule has 2 amide bonds. The van der Waals surface area contributed by atoms with E-state index in [9.17, 15) is 19.7 Å². The summed E-state index contributed by atoms with van der Waals surface area (Å²) in [7, 11) is 0. The van der Waals surface area contributed by atoms with Gasteiger partial charge in [-0.1, -0.05) is 36.7 Å². The van der Waals surface area contributed by atoms with Crippen LogP contribution in [-0.4, -0.2) is 16.7 Å². The summed E-state index contributed by atoms with van der Waals surface area (Å²) in [5, 5.41) is 15.8. The van der Waals surface area contributed by atoms with E-state index in [0.29, 0.717) is 12.1 Å². The number of para-hydroxylation sites is 1. The third kappa shape index (κ3) is 4.33. The van der Waals surface area contributed by atoms with Crippen molar-refractivity contribution in [2.45, 2.75) is 20.3 Å². The van der Waals surface area contributed by atoms with Crippen LogP contribution in [0.15, 0.2) is 36.4 Å². The quantitative estimate of drug-likeness (QED) is 0.492. The van der Waals surface area contributed by atoms with E-state index in [1.54, 1.807) is 0 Å². The first kappa shape index (κ1) is 18.4. The number of nitro groups is 1. The molecule has 0 aliphatic rings. The molecule has 0 bridgehead atoms. The lowest BCUT2D eigenvalue weighted by molar-refractivity contribution is -0.384. The molecule has 2 N–H and O–H groups in total. The molecule has 0 spiro atoms. The molecule has 0 saturated carbocycles. The fourth-order valence-corrected chi connectivity index (χ4v) is 2.44. The highest BCUT2D eigenvalue weighted by Gasteiger charge is 2.19. The van der Waals surface area contributed by atoms with Crippen molar-refractivity contribution in [3.63, 3.8) is 0 Å². The van der Waals surface area contributed by atoms with Gasteiger partial charge < -0.3 is 10.6 Å². The third-order valence-corrected chi connectivity index (χ3v) is 3.92. The molecule has 2 aromatic rings. The molecule has 2 rings (SSSR count). The standard InChI is InChI=1S/C17H16ClN3O4/c1-3-11-6-4-5-10(2)15(11)20-17(23)16(22)19-14-9-12(21(24)25)7-8-13(14)18/h4-9H,3H2,1-2H3,(H,19,22)(H,20,23). The Hall–Kier alpha value is -2.93. The van der Waals surface area contributed by atoms with Crippen LogP contribution in [0.25, 0.3) is 0 Å². The van der Waals surface area contributed by atoms with Crippen LogP contribution in [0.2, 0.25) is 5.02 Å². The van der Waals surface area contributed by atoms with Gasteiger partial charge in [0.25, 0.3) is 5.69 Å². The van der Waals surface area contributed by atoms with Gasteiger partial charge in [0.1, 0.15) is 0 Å². The van der Waals surface area contributed by atoms with Gasteiger partial charge in [-0.3, -0.25) is 19.7 Å². The summed E-state index contributed by atoms with van der Waals surface area (Å²) in [5.74, 6) is -1.85. The summed E-state index contributed by atoms with van der Waals surface area (Å²) in [6, 6.07) is 9.14. The number of amides is 2. The van der Waals surface area contributed by atoms with Gasteiger partial charge in [-0.15, -0.1) is 0 Å². The average Bonchev–Trinajstić information content (AvgIpc) is 2.58. The summed E-state index contributed by atoms with van der Waals surface area (Å²) >= 11 is 5.91. The zero-order valence-electron chi connectivity index (χ0n) is 13.6. The molecule has 0 heterocycles. The molecule has 0 saturated heterocycles. The molecule has 0 fully saturated rings. The largest absolute Gasteiger partial charge is 0.317 e. The number of non-ortho nitro benzene ring substituents is 1. The number of anilines is 2. The lowest BCUT2D eigenvalue weighted by Crippen LogP contribution is -2.29. The van der Waals surface area contributed by atoms with Gasteiger partial charge in [0, 0.05) is 17.8 Å². The minimum Gasteiger partial charge on any atom is -0.317 e. The third-order valence-electron chi connectivity index (χ3n) is 3.59. The maximum absolute atomic E-state index is 12.2. The summed E-state index contributed by atoms with van der Waals surface area (Å²) in [6.45, 7) is 3.76. The number of nitro benzene ring substituents is 1. The molecule has 0 aliphatic carbocycles. The molecule has 0 radical (unpaired) electrons. The molecule has 7 nitrogen and oxygen atoms in total. The molecular formula is C17H16ClN3O4. The number of hydrogen-bond donors (Lipinski definition) is 2. The van der Waals surface area contributed by atoms with Crippen molar-refractivity contribution in [2.75, 3.05) is 10.6 Å². The first-order valence-electron chi connectivity index (χ1n) is 7.48. The Kier molecular flexibility index (Phi) is 5.71. The Labute approximate surface area is 149 Å². The van der Waals surface area contributed by atoms with Crippen molar-refractivity contribution in [2.24, 2.45) is 0 Å². The molecule has 0 unspecified atom stereocenters. The predicted octanol–water partition coefficient (Wildman–Crippen LogP) is 3.70. The number of nitrogens with one attached hydrogen (secondary N) is 2. The SMILES string of the molecule is CCc1cccc(C)c1NC(=O)C(=O)Nc1cc([N+](=O)[O-])ccc1Cl. The Bertz CT molecular complexity index is 852. The Morgan fingerprint density at radius 2 is 1.84 bits per heavy atom. The number of benzene rings is 2. The monoisotopic (exact) mass is 361 g/mol. The number of rotatable bonds is 4. The van der Waals surface area contributed by atoms with Crippen LogP contribution >= 0.6 is 11.6 Å². The highest BCUT2D eigenvalue weighted by Crippen LogP contribution is 2.27. The van der Waals surface area contributed by atoms with E-state index in [1.807, 2.05) is 32.0 Å². The summed E-state index contributed by atoms with van der Waals surface area (Å²) in [6.07, 6.45) is 0.690. The number of nitrogens with zero attached hydrogens (tertiary/aromatic N) is 1. The molecule has 130 valence electrons. The highest BCUT2D eigenvalue weighted by atomic mass is 35.5. The van der Waals surface area contributed by atoms with Gasteiger partial charge in [0.15, 0.2) is 0 Å². The van der Waals surface area contributed by atoms with E-state index in [1.165, 1.54) is 12.1 Å².